The lowest BCUT2D eigenvalue weighted by Crippen LogP contribution is -2.57. The van der Waals surface area contributed by atoms with Gasteiger partial charge in [0, 0.05) is 12.3 Å². The first-order valence-electron chi connectivity index (χ1n) is 6.37. The molecule has 1 N–H and O–H groups in total. The Balaban J connectivity index is 1.49. The fourth-order valence-corrected chi connectivity index (χ4v) is 2.53. The molecule has 2 amide bonds. The summed E-state index contributed by atoms with van der Waals surface area (Å²) in [6, 6.07) is 8.86. The number of nitrogens with zero attached hydrogens (tertiary/aromatic N) is 3. The van der Waals surface area contributed by atoms with Crippen LogP contribution in [0.1, 0.15) is 5.56 Å². The molecule has 2 aromatic rings. The number of nitrogens with one attached hydrogen (secondary N) is 1. The van der Waals surface area contributed by atoms with Gasteiger partial charge in [0.15, 0.2) is 0 Å². The number of rotatable bonds is 3. The molecule has 0 bridgehead atoms. The number of amides is 2. The Labute approximate surface area is 125 Å². The highest BCUT2D eigenvalue weighted by Crippen LogP contribution is 2.20. The lowest BCUT2D eigenvalue weighted by atomic mass is 10.2. The Bertz CT molecular complexity index is 675. The summed E-state index contributed by atoms with van der Waals surface area (Å²) >= 11 is 1.48. The molecule has 0 spiro atoms. The van der Waals surface area contributed by atoms with Gasteiger partial charge in [-0.3, -0.25) is 5.32 Å². The maximum Gasteiger partial charge on any atom is 0.322 e. The predicted octanol–water partition coefficient (Wildman–Crippen LogP) is 2.31. The van der Waals surface area contributed by atoms with Crippen LogP contribution < -0.4 is 10.1 Å². The van der Waals surface area contributed by atoms with Crippen LogP contribution in [0.5, 0.6) is 5.88 Å². The summed E-state index contributed by atoms with van der Waals surface area (Å²) in [4.78, 5) is 17.6. The van der Waals surface area contributed by atoms with Crippen molar-refractivity contribution in [1.29, 1.82) is 5.26 Å². The van der Waals surface area contributed by atoms with Crippen molar-refractivity contribution in [3.05, 3.63) is 41.4 Å². The maximum absolute atomic E-state index is 11.9. The van der Waals surface area contributed by atoms with Crippen LogP contribution in [0.4, 0.5) is 9.80 Å². The molecule has 0 saturated carbocycles. The molecule has 0 radical (unpaired) electrons. The van der Waals surface area contributed by atoms with E-state index in [2.05, 4.69) is 10.3 Å². The Morgan fingerprint density at radius 3 is 3.10 bits per heavy atom. The van der Waals surface area contributed by atoms with Gasteiger partial charge in [0.05, 0.1) is 29.7 Å². The molecule has 106 valence electrons. The third-order valence-corrected chi connectivity index (χ3v) is 3.82. The van der Waals surface area contributed by atoms with Crippen LogP contribution >= 0.6 is 11.3 Å². The highest BCUT2D eigenvalue weighted by molar-refractivity contribution is 7.14. The number of aromatic nitrogens is 1. The van der Waals surface area contributed by atoms with Gasteiger partial charge < -0.3 is 9.64 Å². The molecule has 0 aromatic carbocycles. The molecule has 1 saturated heterocycles. The SMILES string of the molecule is N#Cc1ccnc(OC2CN(C(=O)Nc3cccs3)C2)c1. The van der Waals surface area contributed by atoms with Crippen molar-refractivity contribution in [2.45, 2.75) is 6.10 Å². The maximum atomic E-state index is 11.9. The van der Waals surface area contributed by atoms with Gasteiger partial charge in [-0.2, -0.15) is 5.26 Å². The van der Waals surface area contributed by atoms with Crippen molar-refractivity contribution in [3.63, 3.8) is 0 Å². The average Bonchev–Trinajstić information content (AvgIpc) is 2.95. The zero-order chi connectivity index (χ0) is 14.7. The number of carbonyl (C=O) groups excluding carboxylic acids is 1. The van der Waals surface area contributed by atoms with Gasteiger partial charge in [-0.25, -0.2) is 9.78 Å². The van der Waals surface area contributed by atoms with Crippen LogP contribution in [0.2, 0.25) is 0 Å². The summed E-state index contributed by atoms with van der Waals surface area (Å²) in [7, 11) is 0. The summed E-state index contributed by atoms with van der Waals surface area (Å²) in [6.07, 6.45) is 1.45. The molecule has 6 nitrogen and oxygen atoms in total. The van der Waals surface area contributed by atoms with Gasteiger partial charge in [0.25, 0.3) is 0 Å². The van der Waals surface area contributed by atoms with Crippen LogP contribution in [0.25, 0.3) is 0 Å². The topological polar surface area (TPSA) is 78.2 Å². The Kier molecular flexibility index (Phi) is 3.71. The van der Waals surface area contributed by atoms with Crippen LogP contribution in [-0.2, 0) is 0 Å². The fraction of sp³-hybridized carbons (Fsp3) is 0.214. The highest BCUT2D eigenvalue weighted by atomic mass is 32.1. The van der Waals surface area contributed by atoms with E-state index >= 15 is 0 Å². The minimum Gasteiger partial charge on any atom is -0.471 e. The highest BCUT2D eigenvalue weighted by Gasteiger charge is 2.32. The van der Waals surface area contributed by atoms with Gasteiger partial charge in [-0.05, 0) is 23.6 Å². The quantitative estimate of drug-likeness (QED) is 0.943. The van der Waals surface area contributed by atoms with Crippen LogP contribution in [-0.4, -0.2) is 35.1 Å². The second kappa shape index (κ2) is 5.81. The second-order valence-electron chi connectivity index (χ2n) is 4.55. The third kappa shape index (κ3) is 3.12. The Hall–Kier alpha value is -2.59. The Morgan fingerprint density at radius 2 is 2.38 bits per heavy atom. The normalized spacial score (nSPS) is 14.1. The molecule has 3 rings (SSSR count). The zero-order valence-electron chi connectivity index (χ0n) is 11.0. The zero-order valence-corrected chi connectivity index (χ0v) is 11.8. The molecule has 0 unspecified atom stereocenters. The van der Waals surface area contributed by atoms with Crippen molar-refractivity contribution in [1.82, 2.24) is 9.88 Å². The van der Waals surface area contributed by atoms with Crippen LogP contribution in [0.15, 0.2) is 35.8 Å². The number of hydrogen-bond acceptors (Lipinski definition) is 5. The van der Waals surface area contributed by atoms with E-state index in [9.17, 15) is 4.79 Å². The molecule has 21 heavy (non-hydrogen) atoms. The summed E-state index contributed by atoms with van der Waals surface area (Å²) in [5.74, 6) is 0.414. The molecular formula is C14H12N4O2S. The predicted molar refractivity (Wildman–Crippen MR) is 78.3 cm³/mol. The number of ether oxygens (including phenoxy) is 1. The number of likely N-dealkylation sites (tertiary alicyclic amines) is 1. The van der Waals surface area contributed by atoms with Crippen LogP contribution in [0, 0.1) is 11.3 Å². The number of urea groups is 1. The smallest absolute Gasteiger partial charge is 0.322 e. The number of carbonyl (C=O) groups is 1. The number of pyridine rings is 1. The minimum atomic E-state index is -0.129. The summed E-state index contributed by atoms with van der Waals surface area (Å²) in [6.45, 7) is 1.02. The minimum absolute atomic E-state index is 0.0828. The first-order chi connectivity index (χ1) is 10.2. The number of thiophene rings is 1. The molecule has 1 aliphatic rings. The third-order valence-electron chi connectivity index (χ3n) is 3.04. The van der Waals surface area contributed by atoms with E-state index < -0.39 is 0 Å². The van der Waals surface area contributed by atoms with Crippen molar-refractivity contribution in [3.8, 4) is 11.9 Å². The van der Waals surface area contributed by atoms with Gasteiger partial charge in [-0.1, -0.05) is 0 Å². The molecule has 0 aliphatic carbocycles. The van der Waals surface area contributed by atoms with Gasteiger partial charge in [0.2, 0.25) is 5.88 Å². The van der Waals surface area contributed by atoms with Gasteiger partial charge in [-0.15, -0.1) is 11.3 Å². The standard InChI is InChI=1S/C14H12N4O2S/c15-7-10-3-4-16-12(6-10)20-11-8-18(9-11)14(19)17-13-2-1-5-21-13/h1-6,11H,8-9H2,(H,17,19). The van der Waals surface area contributed by atoms with Crippen molar-refractivity contribution >= 4 is 22.4 Å². The van der Waals surface area contributed by atoms with Crippen molar-refractivity contribution in [2.24, 2.45) is 0 Å². The fourth-order valence-electron chi connectivity index (χ4n) is 1.93. The Morgan fingerprint density at radius 1 is 1.52 bits per heavy atom. The number of anilines is 1. The van der Waals surface area contributed by atoms with E-state index in [0.717, 1.165) is 5.00 Å². The van der Waals surface area contributed by atoms with E-state index in [4.69, 9.17) is 10.00 Å². The lowest BCUT2D eigenvalue weighted by Gasteiger charge is -2.38. The summed E-state index contributed by atoms with van der Waals surface area (Å²) in [5, 5.41) is 14.4. The molecule has 7 heteroatoms. The van der Waals surface area contributed by atoms with Crippen LogP contribution in [0.3, 0.4) is 0 Å². The van der Waals surface area contributed by atoms with Crippen molar-refractivity contribution < 1.29 is 9.53 Å². The number of nitriles is 1. The largest absolute Gasteiger partial charge is 0.471 e. The summed E-state index contributed by atoms with van der Waals surface area (Å²) in [5.41, 5.74) is 0.506. The second-order valence-corrected chi connectivity index (χ2v) is 5.49. The molecule has 1 aliphatic heterocycles. The lowest BCUT2D eigenvalue weighted by molar-refractivity contribution is 0.0461. The van der Waals surface area contributed by atoms with E-state index in [1.165, 1.54) is 17.5 Å². The number of hydrogen-bond donors (Lipinski definition) is 1. The van der Waals surface area contributed by atoms with Gasteiger partial charge >= 0.3 is 6.03 Å². The monoisotopic (exact) mass is 300 g/mol. The van der Waals surface area contributed by atoms with Crippen molar-refractivity contribution in [2.75, 3.05) is 18.4 Å². The molecule has 0 atom stereocenters. The average molecular weight is 300 g/mol. The first kappa shape index (κ1) is 13.4. The summed E-state index contributed by atoms with van der Waals surface area (Å²) < 4.78 is 5.63. The van der Waals surface area contributed by atoms with E-state index in [1.807, 2.05) is 23.6 Å². The molecule has 2 aromatic heterocycles. The molecule has 1 fully saturated rings. The van der Waals surface area contributed by atoms with E-state index in [1.54, 1.807) is 17.0 Å². The molecule has 3 heterocycles. The van der Waals surface area contributed by atoms with Gasteiger partial charge in [0.1, 0.15) is 6.10 Å². The molecular weight excluding hydrogens is 288 g/mol. The first-order valence-corrected chi connectivity index (χ1v) is 7.25. The van der Waals surface area contributed by atoms with E-state index in [0.29, 0.717) is 24.5 Å². The van der Waals surface area contributed by atoms with E-state index in [-0.39, 0.29) is 12.1 Å².